The molecule has 2 N–H and O–H groups in total. The molecule has 1 aromatic heterocycles. The van der Waals surface area contributed by atoms with Crippen LogP contribution in [0.25, 0.3) is 0 Å². The molecule has 2 rings (SSSR count). The highest BCUT2D eigenvalue weighted by Crippen LogP contribution is 2.17. The number of hydrogen-bond donors (Lipinski definition) is 2. The number of hydrogen-bond acceptors (Lipinski definition) is 4. The third-order valence-corrected chi connectivity index (χ3v) is 4.75. The van der Waals surface area contributed by atoms with E-state index in [1.54, 1.807) is 12.1 Å². The van der Waals surface area contributed by atoms with E-state index in [0.29, 0.717) is 17.3 Å². The zero-order valence-corrected chi connectivity index (χ0v) is 12.4. The number of aromatic nitrogens is 1. The van der Waals surface area contributed by atoms with Crippen molar-refractivity contribution in [2.75, 3.05) is 16.8 Å². The quantitative estimate of drug-likeness (QED) is 0.869. The van der Waals surface area contributed by atoms with Gasteiger partial charge in [-0.3, -0.25) is 4.21 Å². The topological polar surface area (TPSA) is 79.3 Å². The van der Waals surface area contributed by atoms with Gasteiger partial charge in [-0.25, -0.2) is 9.78 Å². The molecule has 20 heavy (non-hydrogen) atoms. The van der Waals surface area contributed by atoms with Crippen molar-refractivity contribution in [2.24, 2.45) is 0 Å². The van der Waals surface area contributed by atoms with Gasteiger partial charge in [-0.2, -0.15) is 0 Å². The molecule has 0 unspecified atom stereocenters. The van der Waals surface area contributed by atoms with Crippen LogP contribution in [0.1, 0.15) is 42.2 Å². The van der Waals surface area contributed by atoms with Crippen molar-refractivity contribution in [3.05, 3.63) is 23.4 Å². The summed E-state index contributed by atoms with van der Waals surface area (Å²) in [7, 11) is -0.693. The number of aryl methyl sites for hydroxylation is 1. The van der Waals surface area contributed by atoms with Crippen molar-refractivity contribution in [1.82, 2.24) is 4.98 Å². The number of nitrogens with zero attached hydrogens (tertiary/aromatic N) is 1. The first-order valence-electron chi connectivity index (χ1n) is 6.94. The van der Waals surface area contributed by atoms with E-state index in [1.807, 2.05) is 6.92 Å². The summed E-state index contributed by atoms with van der Waals surface area (Å²) in [5, 5.41) is 12.4. The molecule has 0 saturated carbocycles. The van der Waals surface area contributed by atoms with Gasteiger partial charge in [0, 0.05) is 34.0 Å². The molecular formula is C14H20N2O3S. The Labute approximate surface area is 121 Å². The van der Waals surface area contributed by atoms with Crippen molar-refractivity contribution in [3.8, 4) is 0 Å². The van der Waals surface area contributed by atoms with Gasteiger partial charge in [0.2, 0.25) is 0 Å². The fourth-order valence-corrected chi connectivity index (χ4v) is 3.62. The van der Waals surface area contributed by atoms with Gasteiger partial charge in [-0.15, -0.1) is 0 Å². The maximum absolute atomic E-state index is 11.3. The molecule has 110 valence electrons. The highest BCUT2D eigenvalue weighted by Gasteiger charge is 2.18. The zero-order chi connectivity index (χ0) is 14.5. The fraction of sp³-hybridized carbons (Fsp3) is 0.571. The van der Waals surface area contributed by atoms with Crippen LogP contribution in [-0.2, 0) is 17.2 Å². The Morgan fingerprint density at radius 3 is 2.75 bits per heavy atom. The lowest BCUT2D eigenvalue weighted by Gasteiger charge is -2.23. The van der Waals surface area contributed by atoms with Crippen LogP contribution in [0.4, 0.5) is 5.82 Å². The van der Waals surface area contributed by atoms with Crippen LogP contribution in [0, 0.1) is 0 Å². The Morgan fingerprint density at radius 1 is 1.45 bits per heavy atom. The van der Waals surface area contributed by atoms with E-state index in [1.165, 1.54) is 0 Å². The molecule has 1 fully saturated rings. The molecular weight excluding hydrogens is 276 g/mol. The van der Waals surface area contributed by atoms with E-state index < -0.39 is 16.8 Å². The molecule has 0 radical (unpaired) electrons. The first-order valence-corrected chi connectivity index (χ1v) is 8.43. The second-order valence-electron chi connectivity index (χ2n) is 5.05. The summed E-state index contributed by atoms with van der Waals surface area (Å²) >= 11 is 0. The molecule has 0 amide bonds. The van der Waals surface area contributed by atoms with Crippen molar-refractivity contribution in [3.63, 3.8) is 0 Å². The van der Waals surface area contributed by atoms with Crippen LogP contribution >= 0.6 is 0 Å². The maximum atomic E-state index is 11.3. The Balaban J connectivity index is 2.13. The van der Waals surface area contributed by atoms with Crippen LogP contribution in [-0.4, -0.2) is 37.8 Å². The van der Waals surface area contributed by atoms with Crippen molar-refractivity contribution >= 4 is 22.6 Å². The summed E-state index contributed by atoms with van der Waals surface area (Å²) < 4.78 is 11.3. The number of aromatic carboxylic acids is 1. The normalized spacial score (nSPS) is 22.4. The summed E-state index contributed by atoms with van der Waals surface area (Å²) in [4.78, 5) is 15.6. The maximum Gasteiger partial charge on any atom is 0.335 e. The van der Waals surface area contributed by atoms with E-state index in [-0.39, 0.29) is 11.6 Å². The van der Waals surface area contributed by atoms with Crippen LogP contribution in [0.5, 0.6) is 0 Å². The number of carboxylic acid groups (broad SMARTS) is 1. The lowest BCUT2D eigenvalue weighted by Crippen LogP contribution is -2.29. The summed E-state index contributed by atoms with van der Waals surface area (Å²) in [5.74, 6) is 1.10. The van der Waals surface area contributed by atoms with Crippen LogP contribution in [0.3, 0.4) is 0 Å². The van der Waals surface area contributed by atoms with E-state index in [0.717, 1.165) is 31.4 Å². The minimum atomic E-state index is -0.933. The number of nitrogens with one attached hydrogen (secondary N) is 1. The number of rotatable bonds is 5. The van der Waals surface area contributed by atoms with Gasteiger partial charge >= 0.3 is 5.97 Å². The first kappa shape index (κ1) is 15.0. The molecule has 0 aliphatic carbocycles. The predicted molar refractivity (Wildman–Crippen MR) is 79.7 cm³/mol. The average molecular weight is 296 g/mol. The van der Waals surface area contributed by atoms with Gasteiger partial charge in [0.15, 0.2) is 0 Å². The molecule has 6 heteroatoms. The molecule has 0 spiro atoms. The standard InChI is InChI=1S/C14H20N2O3S/c1-2-3-12-8-10(14(17)18)9-13(16-12)15-11-4-6-20(19)7-5-11/h8-9,11H,2-7H2,1H3,(H,15,16)(H,17,18). The van der Waals surface area contributed by atoms with E-state index >= 15 is 0 Å². The second kappa shape index (κ2) is 6.83. The number of carbonyl (C=O) groups is 1. The lowest BCUT2D eigenvalue weighted by atomic mass is 10.1. The van der Waals surface area contributed by atoms with E-state index in [9.17, 15) is 9.00 Å². The fourth-order valence-electron chi connectivity index (χ4n) is 2.32. The Morgan fingerprint density at radius 2 is 2.15 bits per heavy atom. The van der Waals surface area contributed by atoms with Gasteiger partial charge < -0.3 is 10.4 Å². The Kier molecular flexibility index (Phi) is 5.11. The minimum absolute atomic E-state index is 0.235. The van der Waals surface area contributed by atoms with Gasteiger partial charge in [0.25, 0.3) is 0 Å². The van der Waals surface area contributed by atoms with Gasteiger partial charge in [-0.1, -0.05) is 13.3 Å². The highest BCUT2D eigenvalue weighted by atomic mass is 32.2. The van der Waals surface area contributed by atoms with Gasteiger partial charge in [0.1, 0.15) is 5.82 Å². The zero-order valence-electron chi connectivity index (χ0n) is 11.6. The Bertz CT molecular complexity index is 509. The summed E-state index contributed by atoms with van der Waals surface area (Å²) in [5.41, 5.74) is 1.07. The number of pyridine rings is 1. The number of carboxylic acids is 1. The highest BCUT2D eigenvalue weighted by molar-refractivity contribution is 7.85. The van der Waals surface area contributed by atoms with Crippen LogP contribution in [0.15, 0.2) is 12.1 Å². The third kappa shape index (κ3) is 4.03. The minimum Gasteiger partial charge on any atom is -0.478 e. The molecule has 0 bridgehead atoms. The van der Waals surface area contributed by atoms with Crippen LogP contribution < -0.4 is 5.32 Å². The Hall–Kier alpha value is -1.43. The molecule has 1 saturated heterocycles. The molecule has 0 atom stereocenters. The van der Waals surface area contributed by atoms with Crippen molar-refractivity contribution in [2.45, 2.75) is 38.6 Å². The number of anilines is 1. The van der Waals surface area contributed by atoms with E-state index in [2.05, 4.69) is 10.3 Å². The predicted octanol–water partition coefficient (Wildman–Crippen LogP) is 2.06. The van der Waals surface area contributed by atoms with Crippen molar-refractivity contribution < 1.29 is 14.1 Å². The summed E-state index contributed by atoms with van der Waals surface area (Å²) in [6.45, 7) is 2.04. The third-order valence-electron chi connectivity index (χ3n) is 3.37. The van der Waals surface area contributed by atoms with Crippen LogP contribution in [0.2, 0.25) is 0 Å². The monoisotopic (exact) mass is 296 g/mol. The lowest BCUT2D eigenvalue weighted by molar-refractivity contribution is 0.0696. The molecule has 1 aliphatic rings. The average Bonchev–Trinajstić information content (AvgIpc) is 2.41. The largest absolute Gasteiger partial charge is 0.478 e. The molecule has 1 aliphatic heterocycles. The first-order chi connectivity index (χ1) is 9.58. The molecule has 5 nitrogen and oxygen atoms in total. The smallest absolute Gasteiger partial charge is 0.335 e. The summed E-state index contributed by atoms with van der Waals surface area (Å²) in [6, 6.07) is 3.44. The van der Waals surface area contributed by atoms with Gasteiger partial charge in [0.05, 0.1) is 5.56 Å². The second-order valence-corrected chi connectivity index (χ2v) is 6.75. The molecule has 0 aromatic carbocycles. The van der Waals surface area contributed by atoms with E-state index in [4.69, 9.17) is 5.11 Å². The molecule has 2 heterocycles. The molecule has 1 aromatic rings. The summed E-state index contributed by atoms with van der Waals surface area (Å²) in [6.07, 6.45) is 3.38. The van der Waals surface area contributed by atoms with Gasteiger partial charge in [-0.05, 0) is 31.4 Å². The van der Waals surface area contributed by atoms with Crippen molar-refractivity contribution in [1.29, 1.82) is 0 Å². The SMILES string of the molecule is CCCc1cc(C(=O)O)cc(NC2CCS(=O)CC2)n1.